The molecular formula is C12H19N3O4. The van der Waals surface area contributed by atoms with Gasteiger partial charge < -0.3 is 20.2 Å². The lowest BCUT2D eigenvalue weighted by molar-refractivity contribution is -0.140. The fraction of sp³-hybridized carbons (Fsp3) is 0.750. The largest absolute Gasteiger partial charge is 0.465 e. The molecule has 0 spiro atoms. The smallest absolute Gasteiger partial charge is 0.407 e. The first-order valence-electron chi connectivity index (χ1n) is 6.61. The minimum Gasteiger partial charge on any atom is -0.465 e. The summed E-state index contributed by atoms with van der Waals surface area (Å²) in [6.07, 6.45) is 0.630. The molecule has 0 aliphatic carbocycles. The van der Waals surface area contributed by atoms with Crippen LogP contribution < -0.4 is 5.32 Å². The van der Waals surface area contributed by atoms with E-state index in [0.717, 1.165) is 0 Å². The highest BCUT2D eigenvalue weighted by Gasteiger charge is 2.30. The van der Waals surface area contributed by atoms with Gasteiger partial charge >= 0.3 is 6.09 Å². The van der Waals surface area contributed by atoms with Gasteiger partial charge in [-0.25, -0.2) is 4.79 Å². The molecule has 0 aromatic rings. The van der Waals surface area contributed by atoms with E-state index in [1.807, 2.05) is 0 Å². The monoisotopic (exact) mass is 269 g/mol. The molecule has 0 saturated carbocycles. The summed E-state index contributed by atoms with van der Waals surface area (Å²) < 4.78 is 0. The van der Waals surface area contributed by atoms with E-state index in [1.54, 1.807) is 4.90 Å². The van der Waals surface area contributed by atoms with Gasteiger partial charge in [-0.15, -0.1) is 0 Å². The number of hydrogen-bond donors (Lipinski definition) is 2. The van der Waals surface area contributed by atoms with Gasteiger partial charge in [0.25, 0.3) is 0 Å². The number of carbonyl (C=O) groups is 3. The Morgan fingerprint density at radius 3 is 2.53 bits per heavy atom. The Hall–Kier alpha value is -1.79. The molecule has 106 valence electrons. The van der Waals surface area contributed by atoms with Gasteiger partial charge in [0.15, 0.2) is 0 Å². The average Bonchev–Trinajstić information content (AvgIpc) is 2.63. The fourth-order valence-corrected chi connectivity index (χ4v) is 2.58. The van der Waals surface area contributed by atoms with Crippen molar-refractivity contribution in [3.8, 4) is 0 Å². The van der Waals surface area contributed by atoms with Gasteiger partial charge in [-0.1, -0.05) is 0 Å². The molecule has 2 aliphatic rings. The molecule has 2 fully saturated rings. The lowest BCUT2D eigenvalue weighted by Gasteiger charge is -2.28. The minimum absolute atomic E-state index is 0.0120. The second-order valence-electron chi connectivity index (χ2n) is 4.99. The van der Waals surface area contributed by atoms with Crippen molar-refractivity contribution in [2.24, 2.45) is 5.92 Å². The predicted octanol–water partition coefficient (Wildman–Crippen LogP) is -0.275. The van der Waals surface area contributed by atoms with Gasteiger partial charge in [0.1, 0.15) is 0 Å². The van der Waals surface area contributed by atoms with E-state index in [9.17, 15) is 14.4 Å². The van der Waals surface area contributed by atoms with E-state index in [2.05, 4.69) is 5.32 Å². The van der Waals surface area contributed by atoms with Crippen molar-refractivity contribution < 1.29 is 19.5 Å². The summed E-state index contributed by atoms with van der Waals surface area (Å²) in [5.74, 6) is -0.334. The number of piperidine rings is 1. The first-order valence-corrected chi connectivity index (χ1v) is 6.61. The van der Waals surface area contributed by atoms with Crippen LogP contribution in [-0.4, -0.2) is 65.5 Å². The van der Waals surface area contributed by atoms with Crippen molar-refractivity contribution in [3.63, 3.8) is 0 Å². The number of nitrogens with zero attached hydrogens (tertiary/aromatic N) is 2. The summed E-state index contributed by atoms with van der Waals surface area (Å²) in [4.78, 5) is 37.5. The van der Waals surface area contributed by atoms with Crippen molar-refractivity contribution in [2.45, 2.75) is 19.3 Å². The maximum Gasteiger partial charge on any atom is 0.407 e. The molecule has 2 rings (SSSR count). The summed E-state index contributed by atoms with van der Waals surface area (Å²) >= 11 is 0. The molecule has 2 heterocycles. The standard InChI is InChI=1S/C12H19N3O4/c16-10-8-9(2-3-13-10)11(17)14-4-1-5-15(7-6-14)12(18)19/h9H,1-8H2,(H,13,16)(H,18,19). The summed E-state index contributed by atoms with van der Waals surface area (Å²) in [5, 5.41) is 11.6. The van der Waals surface area contributed by atoms with Crippen molar-refractivity contribution in [1.29, 1.82) is 0 Å². The van der Waals surface area contributed by atoms with Crippen molar-refractivity contribution in [2.75, 3.05) is 32.7 Å². The predicted molar refractivity (Wildman–Crippen MR) is 66.5 cm³/mol. The molecule has 3 amide bonds. The maximum absolute atomic E-state index is 12.3. The van der Waals surface area contributed by atoms with E-state index in [4.69, 9.17) is 5.11 Å². The number of rotatable bonds is 1. The summed E-state index contributed by atoms with van der Waals surface area (Å²) in [6, 6.07) is 0. The molecule has 2 saturated heterocycles. The zero-order valence-corrected chi connectivity index (χ0v) is 10.8. The number of hydrogen-bond acceptors (Lipinski definition) is 3. The van der Waals surface area contributed by atoms with Gasteiger partial charge in [0.05, 0.1) is 0 Å². The number of amides is 3. The van der Waals surface area contributed by atoms with Crippen molar-refractivity contribution >= 4 is 17.9 Å². The quantitative estimate of drug-likeness (QED) is 0.685. The zero-order chi connectivity index (χ0) is 13.8. The Bertz CT molecular complexity index is 385. The van der Waals surface area contributed by atoms with E-state index >= 15 is 0 Å². The van der Waals surface area contributed by atoms with Crippen LogP contribution in [0.5, 0.6) is 0 Å². The second-order valence-corrected chi connectivity index (χ2v) is 4.99. The molecule has 2 N–H and O–H groups in total. The topological polar surface area (TPSA) is 90.0 Å². The molecule has 2 aliphatic heterocycles. The van der Waals surface area contributed by atoms with E-state index in [0.29, 0.717) is 45.6 Å². The number of carbonyl (C=O) groups excluding carboxylic acids is 2. The summed E-state index contributed by atoms with van der Waals surface area (Å²) in [6.45, 7) is 2.35. The Kier molecular flexibility index (Phi) is 4.24. The van der Waals surface area contributed by atoms with Crippen LogP contribution in [-0.2, 0) is 9.59 Å². The van der Waals surface area contributed by atoms with Crippen LogP contribution in [0.2, 0.25) is 0 Å². The van der Waals surface area contributed by atoms with Crippen LogP contribution in [0, 0.1) is 5.92 Å². The van der Waals surface area contributed by atoms with Crippen LogP contribution in [0.4, 0.5) is 4.79 Å². The molecule has 0 aromatic heterocycles. The second kappa shape index (κ2) is 5.90. The Morgan fingerprint density at radius 1 is 1.16 bits per heavy atom. The number of carboxylic acid groups (broad SMARTS) is 1. The fourth-order valence-electron chi connectivity index (χ4n) is 2.58. The molecule has 1 unspecified atom stereocenters. The minimum atomic E-state index is -0.939. The van der Waals surface area contributed by atoms with Crippen molar-refractivity contribution in [1.82, 2.24) is 15.1 Å². The third-order valence-electron chi connectivity index (χ3n) is 3.67. The van der Waals surface area contributed by atoms with E-state index in [1.165, 1.54) is 4.90 Å². The van der Waals surface area contributed by atoms with Gasteiger partial charge in [-0.3, -0.25) is 9.59 Å². The maximum atomic E-state index is 12.3. The highest BCUT2D eigenvalue weighted by molar-refractivity contribution is 5.87. The van der Waals surface area contributed by atoms with Crippen LogP contribution >= 0.6 is 0 Å². The molecule has 1 atom stereocenters. The van der Waals surface area contributed by atoms with Gasteiger partial charge in [0, 0.05) is 45.1 Å². The molecule has 7 nitrogen and oxygen atoms in total. The SMILES string of the molecule is O=C1CC(C(=O)N2CCCN(C(=O)O)CC2)CCN1. The third kappa shape index (κ3) is 3.36. The summed E-state index contributed by atoms with van der Waals surface area (Å²) in [5.41, 5.74) is 0. The lowest BCUT2D eigenvalue weighted by atomic mass is 9.96. The highest BCUT2D eigenvalue weighted by atomic mass is 16.4. The van der Waals surface area contributed by atoms with Crippen molar-refractivity contribution in [3.05, 3.63) is 0 Å². The zero-order valence-electron chi connectivity index (χ0n) is 10.8. The average molecular weight is 269 g/mol. The van der Waals surface area contributed by atoms with Gasteiger partial charge in [0.2, 0.25) is 11.8 Å². The Morgan fingerprint density at radius 2 is 1.84 bits per heavy atom. The van der Waals surface area contributed by atoms with E-state index in [-0.39, 0.29) is 24.2 Å². The highest BCUT2D eigenvalue weighted by Crippen LogP contribution is 2.17. The molecule has 0 bridgehead atoms. The third-order valence-corrected chi connectivity index (χ3v) is 3.67. The van der Waals surface area contributed by atoms with Gasteiger partial charge in [-0.05, 0) is 12.8 Å². The van der Waals surface area contributed by atoms with Gasteiger partial charge in [-0.2, -0.15) is 0 Å². The molecule has 19 heavy (non-hydrogen) atoms. The first-order chi connectivity index (χ1) is 9.08. The molecule has 7 heteroatoms. The lowest BCUT2D eigenvalue weighted by Crippen LogP contribution is -2.44. The number of nitrogens with one attached hydrogen (secondary N) is 1. The van der Waals surface area contributed by atoms with E-state index < -0.39 is 6.09 Å². The molecular weight excluding hydrogens is 250 g/mol. The van der Waals surface area contributed by atoms with Crippen LogP contribution in [0.3, 0.4) is 0 Å². The Labute approximate surface area is 111 Å². The molecule has 0 radical (unpaired) electrons. The normalized spacial score (nSPS) is 24.6. The summed E-state index contributed by atoms with van der Waals surface area (Å²) in [7, 11) is 0. The molecule has 0 aromatic carbocycles. The van der Waals surface area contributed by atoms with Crippen LogP contribution in [0.1, 0.15) is 19.3 Å². The first kappa shape index (κ1) is 13.6. The Balaban J connectivity index is 1.92. The van der Waals surface area contributed by atoms with Crippen LogP contribution in [0.25, 0.3) is 0 Å². The van der Waals surface area contributed by atoms with Crippen LogP contribution in [0.15, 0.2) is 0 Å².